The number of ether oxygens (including phenoxy) is 1. The number of para-hydroxylation sites is 1. The lowest BCUT2D eigenvalue weighted by molar-refractivity contribution is 0.403. The van der Waals surface area contributed by atoms with E-state index >= 15 is 0 Å². The molecule has 0 atom stereocenters. The maximum absolute atomic E-state index is 10.7. The number of hydrogen-bond donors (Lipinski definition) is 3. The van der Waals surface area contributed by atoms with Crippen molar-refractivity contribution in [2.45, 2.75) is 6.42 Å². The normalized spacial score (nSPS) is 11.0. The highest BCUT2D eigenvalue weighted by Crippen LogP contribution is 2.36. The van der Waals surface area contributed by atoms with Crippen molar-refractivity contribution < 1.29 is 14.9 Å². The zero-order valence-electron chi connectivity index (χ0n) is 17.6. The largest absolute Gasteiger partial charge is 0.496 e. The lowest BCUT2D eigenvalue weighted by Gasteiger charge is -2.10. The van der Waals surface area contributed by atoms with Gasteiger partial charge < -0.3 is 20.3 Å². The molecule has 0 aliphatic rings. The van der Waals surface area contributed by atoms with E-state index in [0.29, 0.717) is 30.0 Å². The number of nitrogens with zero attached hydrogens (tertiary/aromatic N) is 3. The minimum atomic E-state index is -0.0686. The molecule has 4 rings (SSSR count). The molecule has 0 spiro atoms. The average Bonchev–Trinajstić information content (AvgIpc) is 3.12. The molecule has 0 unspecified atom stereocenters. The highest BCUT2D eigenvalue weighted by Gasteiger charge is 2.15. The van der Waals surface area contributed by atoms with Crippen LogP contribution in [-0.4, -0.2) is 28.4 Å². The van der Waals surface area contributed by atoms with E-state index in [2.05, 4.69) is 15.5 Å². The number of benzene rings is 3. The molecule has 3 aromatic carbocycles. The highest BCUT2D eigenvalue weighted by atomic mass is 16.5. The summed E-state index contributed by atoms with van der Waals surface area (Å²) in [5.74, 6) is 0.686. The zero-order chi connectivity index (χ0) is 22.3. The van der Waals surface area contributed by atoms with Gasteiger partial charge in [0.05, 0.1) is 24.2 Å². The van der Waals surface area contributed by atoms with Crippen molar-refractivity contribution in [2.75, 3.05) is 19.0 Å². The van der Waals surface area contributed by atoms with E-state index in [4.69, 9.17) is 4.74 Å². The summed E-state index contributed by atoms with van der Waals surface area (Å²) in [6.45, 7) is 0.566. The summed E-state index contributed by atoms with van der Waals surface area (Å²) in [5, 5.41) is 32.6. The Labute approximate surface area is 186 Å². The first-order valence-corrected chi connectivity index (χ1v) is 10.2. The molecule has 7 nitrogen and oxygen atoms in total. The summed E-state index contributed by atoms with van der Waals surface area (Å²) in [6, 6.07) is 25.8. The van der Waals surface area contributed by atoms with Crippen LogP contribution in [0.1, 0.15) is 5.56 Å². The summed E-state index contributed by atoms with van der Waals surface area (Å²) in [5.41, 5.74) is 3.55. The quantitative estimate of drug-likeness (QED) is 0.302. The first kappa shape index (κ1) is 21.0. The molecule has 3 N–H and O–H groups in total. The van der Waals surface area contributed by atoms with Gasteiger partial charge in [-0.25, -0.2) is 4.57 Å². The van der Waals surface area contributed by atoms with E-state index in [1.165, 1.54) is 10.6 Å². The van der Waals surface area contributed by atoms with Gasteiger partial charge >= 0.3 is 0 Å². The maximum atomic E-state index is 10.7. The van der Waals surface area contributed by atoms with E-state index in [9.17, 15) is 10.2 Å². The van der Waals surface area contributed by atoms with Crippen LogP contribution in [0.5, 0.6) is 17.5 Å². The van der Waals surface area contributed by atoms with Crippen LogP contribution < -0.4 is 10.1 Å². The van der Waals surface area contributed by atoms with Crippen molar-refractivity contribution in [1.29, 1.82) is 0 Å². The Bertz CT molecular complexity index is 1200. The summed E-state index contributed by atoms with van der Waals surface area (Å²) < 4.78 is 6.73. The van der Waals surface area contributed by atoms with Crippen LogP contribution in [0, 0.1) is 0 Å². The first-order valence-electron chi connectivity index (χ1n) is 10.2. The van der Waals surface area contributed by atoms with Gasteiger partial charge in [0.1, 0.15) is 11.4 Å². The molecule has 0 aliphatic heterocycles. The Balaban J connectivity index is 1.45. The van der Waals surface area contributed by atoms with Gasteiger partial charge in [-0.2, -0.15) is 10.2 Å². The monoisotopic (exact) mass is 428 g/mol. The topological polar surface area (TPSA) is 91.4 Å². The van der Waals surface area contributed by atoms with Gasteiger partial charge in [0.25, 0.3) is 0 Å². The van der Waals surface area contributed by atoms with Crippen molar-refractivity contribution in [3.05, 3.63) is 90.5 Å². The van der Waals surface area contributed by atoms with Crippen LogP contribution in [0.4, 0.5) is 17.1 Å². The summed E-state index contributed by atoms with van der Waals surface area (Å²) in [6.07, 6.45) is 0.705. The van der Waals surface area contributed by atoms with Crippen molar-refractivity contribution in [3.8, 4) is 23.2 Å². The third-order valence-corrected chi connectivity index (χ3v) is 5.00. The van der Waals surface area contributed by atoms with Gasteiger partial charge in [0.15, 0.2) is 0 Å². The van der Waals surface area contributed by atoms with Gasteiger partial charge in [-0.1, -0.05) is 36.4 Å². The number of aromatic hydroxyl groups is 2. The molecule has 0 amide bonds. The van der Waals surface area contributed by atoms with Gasteiger partial charge in [-0.3, -0.25) is 0 Å². The molecule has 1 heterocycles. The lowest BCUT2D eigenvalue weighted by Crippen LogP contribution is -2.05. The highest BCUT2D eigenvalue weighted by molar-refractivity contribution is 5.62. The zero-order valence-corrected chi connectivity index (χ0v) is 17.6. The van der Waals surface area contributed by atoms with Gasteiger partial charge in [0, 0.05) is 12.6 Å². The molecule has 4 aromatic rings. The smallest absolute Gasteiger partial charge is 0.222 e. The van der Waals surface area contributed by atoms with E-state index in [-0.39, 0.29) is 11.8 Å². The van der Waals surface area contributed by atoms with Gasteiger partial charge in [0.2, 0.25) is 11.8 Å². The predicted molar refractivity (Wildman–Crippen MR) is 125 cm³/mol. The number of azo groups is 1. The van der Waals surface area contributed by atoms with Crippen molar-refractivity contribution in [3.63, 3.8) is 0 Å². The van der Waals surface area contributed by atoms with Crippen LogP contribution in [0.25, 0.3) is 5.69 Å². The fourth-order valence-corrected chi connectivity index (χ4v) is 3.39. The molecular weight excluding hydrogens is 404 g/mol. The summed E-state index contributed by atoms with van der Waals surface area (Å²) >= 11 is 0. The van der Waals surface area contributed by atoms with Gasteiger partial charge in [-0.05, 0) is 54.4 Å². The molecule has 7 heteroatoms. The van der Waals surface area contributed by atoms with Crippen LogP contribution >= 0.6 is 0 Å². The number of methoxy groups -OCH3 is 1. The summed E-state index contributed by atoms with van der Waals surface area (Å²) in [7, 11) is 1.64. The fourth-order valence-electron chi connectivity index (χ4n) is 3.39. The molecule has 162 valence electrons. The average molecular weight is 428 g/mol. The van der Waals surface area contributed by atoms with Crippen molar-refractivity contribution in [1.82, 2.24) is 4.57 Å². The second-order valence-electron chi connectivity index (χ2n) is 7.12. The molecule has 0 bridgehead atoms. The second kappa shape index (κ2) is 9.70. The molecule has 1 aromatic heterocycles. The standard InChI is InChI=1S/C25H24N4O3/c1-32-23-10-6-5-7-18(23)15-16-26-22-17-24(30)29(25(22)31)21-13-11-20(12-14-21)28-27-19-8-3-2-4-9-19/h2-14,17,26,30-31H,15-16H2,1H3. The van der Waals surface area contributed by atoms with Crippen LogP contribution in [0.3, 0.4) is 0 Å². The molecular formula is C25H24N4O3. The van der Waals surface area contributed by atoms with Crippen molar-refractivity contribution >= 4 is 17.1 Å². The van der Waals surface area contributed by atoms with E-state index in [1.807, 2.05) is 54.6 Å². The van der Waals surface area contributed by atoms with Crippen LogP contribution in [-0.2, 0) is 6.42 Å². The van der Waals surface area contributed by atoms with Crippen LogP contribution in [0.2, 0.25) is 0 Å². The number of rotatable bonds is 8. The lowest BCUT2D eigenvalue weighted by atomic mass is 10.1. The summed E-state index contributed by atoms with van der Waals surface area (Å²) in [4.78, 5) is 0. The molecule has 0 saturated carbocycles. The Kier molecular flexibility index (Phi) is 6.36. The number of nitrogens with one attached hydrogen (secondary N) is 1. The Morgan fingerprint density at radius 2 is 1.50 bits per heavy atom. The molecule has 0 saturated heterocycles. The molecule has 32 heavy (non-hydrogen) atoms. The minimum Gasteiger partial charge on any atom is -0.496 e. The fraction of sp³-hybridized carbons (Fsp3) is 0.120. The number of aromatic nitrogens is 1. The minimum absolute atomic E-state index is 0.0683. The Hall–Kier alpha value is -4.26. The van der Waals surface area contributed by atoms with Gasteiger partial charge in [-0.15, -0.1) is 0 Å². The Morgan fingerprint density at radius 1 is 0.844 bits per heavy atom. The third kappa shape index (κ3) is 4.73. The maximum Gasteiger partial charge on any atom is 0.222 e. The van der Waals surface area contributed by atoms with Crippen LogP contribution in [0.15, 0.2) is 95.2 Å². The number of anilines is 1. The van der Waals surface area contributed by atoms with Crippen molar-refractivity contribution in [2.24, 2.45) is 10.2 Å². The third-order valence-electron chi connectivity index (χ3n) is 5.00. The predicted octanol–water partition coefficient (Wildman–Crippen LogP) is 5.97. The molecule has 0 fully saturated rings. The molecule has 0 radical (unpaired) electrons. The van der Waals surface area contributed by atoms with E-state index < -0.39 is 0 Å². The second-order valence-corrected chi connectivity index (χ2v) is 7.12. The molecule has 0 aliphatic carbocycles. The Morgan fingerprint density at radius 3 is 2.22 bits per heavy atom. The number of hydrogen-bond acceptors (Lipinski definition) is 6. The SMILES string of the molecule is COc1ccccc1CCNc1cc(O)n(-c2ccc(N=Nc3ccccc3)cc2)c1O. The van der Waals surface area contributed by atoms with E-state index in [1.54, 1.807) is 31.4 Å². The first-order chi connectivity index (χ1) is 15.7. The van der Waals surface area contributed by atoms with E-state index in [0.717, 1.165) is 17.0 Å².